The zero-order chi connectivity index (χ0) is 18.6. The summed E-state index contributed by atoms with van der Waals surface area (Å²) in [4.78, 5) is 14.5. The Balaban J connectivity index is 1.27. The standard InChI is InChI=1S/C20H27N5O2/c1-2-27-18-7-3-15(4-8-18)13-24-11-9-17(10-12-24)25-14-19(22-23-25)20(26)21-16-5-6-16/h3-4,7-8,14,16-17H,2,5-6,9-13H2,1H3,(H,21,26). The molecule has 1 aliphatic carbocycles. The first kappa shape index (κ1) is 18.0. The largest absolute Gasteiger partial charge is 0.494 e. The molecule has 144 valence electrons. The first-order chi connectivity index (χ1) is 13.2. The first-order valence-electron chi connectivity index (χ1n) is 9.88. The van der Waals surface area contributed by atoms with Crippen molar-refractivity contribution >= 4 is 5.91 Å². The number of amides is 1. The third-order valence-electron chi connectivity index (χ3n) is 5.23. The van der Waals surface area contributed by atoms with Crippen molar-refractivity contribution in [2.75, 3.05) is 19.7 Å². The Morgan fingerprint density at radius 2 is 1.93 bits per heavy atom. The number of carbonyl (C=O) groups is 1. The van der Waals surface area contributed by atoms with Crippen LogP contribution in [-0.2, 0) is 6.54 Å². The van der Waals surface area contributed by atoms with Gasteiger partial charge in [0.05, 0.1) is 18.8 Å². The summed E-state index contributed by atoms with van der Waals surface area (Å²) in [5.41, 5.74) is 1.73. The Morgan fingerprint density at radius 3 is 2.59 bits per heavy atom. The quantitative estimate of drug-likeness (QED) is 0.811. The second-order valence-corrected chi connectivity index (χ2v) is 7.42. The monoisotopic (exact) mass is 369 g/mol. The number of hydrogen-bond acceptors (Lipinski definition) is 5. The average Bonchev–Trinajstić information content (AvgIpc) is 3.36. The van der Waals surface area contributed by atoms with Crippen LogP contribution in [0.1, 0.15) is 54.7 Å². The molecular formula is C20H27N5O2. The van der Waals surface area contributed by atoms with Crippen LogP contribution in [0.3, 0.4) is 0 Å². The molecule has 0 spiro atoms. The molecule has 2 aliphatic rings. The summed E-state index contributed by atoms with van der Waals surface area (Å²) in [6.45, 7) is 5.67. The maximum atomic E-state index is 12.1. The van der Waals surface area contributed by atoms with Crippen molar-refractivity contribution in [1.29, 1.82) is 0 Å². The second-order valence-electron chi connectivity index (χ2n) is 7.42. The molecule has 1 saturated heterocycles. The molecule has 2 fully saturated rings. The SMILES string of the molecule is CCOc1ccc(CN2CCC(n3cc(C(=O)NC4CC4)nn3)CC2)cc1. The maximum Gasteiger partial charge on any atom is 0.273 e. The van der Waals surface area contributed by atoms with Crippen molar-refractivity contribution in [3.05, 3.63) is 41.7 Å². The van der Waals surface area contributed by atoms with Crippen molar-refractivity contribution in [2.24, 2.45) is 0 Å². The van der Waals surface area contributed by atoms with Gasteiger partial charge in [-0.15, -0.1) is 5.10 Å². The van der Waals surface area contributed by atoms with E-state index in [0.29, 0.717) is 24.4 Å². The molecule has 1 aromatic heterocycles. The summed E-state index contributed by atoms with van der Waals surface area (Å²) in [5.74, 6) is 0.823. The Labute approximate surface area is 159 Å². The van der Waals surface area contributed by atoms with Gasteiger partial charge in [-0.2, -0.15) is 0 Å². The molecule has 0 bridgehead atoms. The minimum Gasteiger partial charge on any atom is -0.494 e. The molecule has 1 N–H and O–H groups in total. The summed E-state index contributed by atoms with van der Waals surface area (Å²) < 4.78 is 7.37. The fourth-order valence-electron chi connectivity index (χ4n) is 3.50. The van der Waals surface area contributed by atoms with Gasteiger partial charge in [-0.3, -0.25) is 9.69 Å². The van der Waals surface area contributed by atoms with Gasteiger partial charge in [0.1, 0.15) is 5.75 Å². The molecule has 7 nitrogen and oxygen atoms in total. The number of likely N-dealkylation sites (tertiary alicyclic amines) is 1. The van der Waals surface area contributed by atoms with Crippen molar-refractivity contribution in [3.63, 3.8) is 0 Å². The summed E-state index contributed by atoms with van der Waals surface area (Å²) in [7, 11) is 0. The normalized spacial score (nSPS) is 18.4. The van der Waals surface area contributed by atoms with Gasteiger partial charge in [-0.05, 0) is 50.3 Å². The van der Waals surface area contributed by atoms with E-state index in [9.17, 15) is 4.79 Å². The van der Waals surface area contributed by atoms with Gasteiger partial charge in [-0.1, -0.05) is 17.3 Å². The van der Waals surface area contributed by atoms with Gasteiger partial charge >= 0.3 is 0 Å². The van der Waals surface area contributed by atoms with E-state index < -0.39 is 0 Å². The van der Waals surface area contributed by atoms with E-state index in [1.165, 1.54) is 5.56 Å². The number of nitrogens with one attached hydrogen (secondary N) is 1. The fourth-order valence-corrected chi connectivity index (χ4v) is 3.50. The Kier molecular flexibility index (Phi) is 5.38. The summed E-state index contributed by atoms with van der Waals surface area (Å²) in [6, 6.07) is 9.01. The Morgan fingerprint density at radius 1 is 1.19 bits per heavy atom. The van der Waals surface area contributed by atoms with Crippen LogP contribution >= 0.6 is 0 Å². The zero-order valence-corrected chi connectivity index (χ0v) is 15.8. The number of ether oxygens (including phenoxy) is 1. The van der Waals surface area contributed by atoms with Gasteiger partial charge in [0.25, 0.3) is 5.91 Å². The molecule has 1 amide bonds. The van der Waals surface area contributed by atoms with Crippen LogP contribution in [0.4, 0.5) is 0 Å². The van der Waals surface area contributed by atoms with Crippen LogP contribution in [0.25, 0.3) is 0 Å². The molecule has 4 rings (SSSR count). The van der Waals surface area contributed by atoms with Crippen LogP contribution in [-0.4, -0.2) is 51.5 Å². The molecule has 0 atom stereocenters. The number of carbonyl (C=O) groups excluding carboxylic acids is 1. The van der Waals surface area contributed by atoms with E-state index in [0.717, 1.165) is 51.1 Å². The van der Waals surface area contributed by atoms with Gasteiger partial charge in [0.15, 0.2) is 5.69 Å². The third-order valence-corrected chi connectivity index (χ3v) is 5.23. The molecule has 27 heavy (non-hydrogen) atoms. The highest BCUT2D eigenvalue weighted by Gasteiger charge is 2.26. The number of hydrogen-bond donors (Lipinski definition) is 1. The Bertz CT molecular complexity index is 761. The molecule has 1 aromatic carbocycles. The number of rotatable bonds is 7. The lowest BCUT2D eigenvalue weighted by atomic mass is 10.0. The highest BCUT2D eigenvalue weighted by molar-refractivity contribution is 5.92. The van der Waals surface area contributed by atoms with Crippen molar-refractivity contribution in [3.8, 4) is 5.75 Å². The van der Waals surface area contributed by atoms with E-state index in [2.05, 4.69) is 32.7 Å². The maximum absolute atomic E-state index is 12.1. The highest BCUT2D eigenvalue weighted by atomic mass is 16.5. The van der Waals surface area contributed by atoms with E-state index in [-0.39, 0.29) is 5.91 Å². The van der Waals surface area contributed by atoms with Gasteiger partial charge in [0.2, 0.25) is 0 Å². The topological polar surface area (TPSA) is 72.3 Å². The summed E-state index contributed by atoms with van der Waals surface area (Å²) >= 11 is 0. The van der Waals surface area contributed by atoms with Crippen LogP contribution in [0.15, 0.2) is 30.5 Å². The third kappa shape index (κ3) is 4.66. The van der Waals surface area contributed by atoms with E-state index in [4.69, 9.17) is 4.74 Å². The molecule has 0 unspecified atom stereocenters. The minimum absolute atomic E-state index is 0.100. The zero-order valence-electron chi connectivity index (χ0n) is 15.8. The predicted molar refractivity (Wildman–Crippen MR) is 102 cm³/mol. The molecule has 0 radical (unpaired) electrons. The van der Waals surface area contributed by atoms with Gasteiger partial charge < -0.3 is 10.1 Å². The molecular weight excluding hydrogens is 342 g/mol. The van der Waals surface area contributed by atoms with Crippen molar-refractivity contribution in [1.82, 2.24) is 25.2 Å². The average molecular weight is 369 g/mol. The summed E-state index contributed by atoms with van der Waals surface area (Å²) in [6.07, 6.45) is 5.98. The molecule has 1 saturated carbocycles. The molecule has 2 heterocycles. The van der Waals surface area contributed by atoms with E-state index >= 15 is 0 Å². The van der Waals surface area contributed by atoms with Crippen molar-refractivity contribution < 1.29 is 9.53 Å². The van der Waals surface area contributed by atoms with Crippen LogP contribution in [0, 0.1) is 0 Å². The fraction of sp³-hybridized carbons (Fsp3) is 0.550. The van der Waals surface area contributed by atoms with E-state index in [1.54, 1.807) is 6.20 Å². The van der Waals surface area contributed by atoms with E-state index in [1.807, 2.05) is 23.7 Å². The van der Waals surface area contributed by atoms with Crippen molar-refractivity contribution in [2.45, 2.75) is 51.2 Å². The smallest absolute Gasteiger partial charge is 0.273 e. The second kappa shape index (κ2) is 8.08. The molecule has 7 heteroatoms. The van der Waals surface area contributed by atoms with Crippen LogP contribution in [0.2, 0.25) is 0 Å². The minimum atomic E-state index is -0.100. The highest BCUT2D eigenvalue weighted by Crippen LogP contribution is 2.24. The molecule has 1 aliphatic heterocycles. The number of nitrogens with zero attached hydrogens (tertiary/aromatic N) is 4. The number of aromatic nitrogens is 3. The summed E-state index contributed by atoms with van der Waals surface area (Å²) in [5, 5.41) is 11.2. The van der Waals surface area contributed by atoms with Crippen LogP contribution < -0.4 is 10.1 Å². The lowest BCUT2D eigenvalue weighted by Crippen LogP contribution is -2.34. The first-order valence-corrected chi connectivity index (χ1v) is 9.88. The molecule has 2 aromatic rings. The predicted octanol–water partition coefficient (Wildman–Crippen LogP) is 2.41. The number of piperidine rings is 1. The lowest BCUT2D eigenvalue weighted by Gasteiger charge is -2.31. The van der Waals surface area contributed by atoms with Crippen LogP contribution in [0.5, 0.6) is 5.75 Å². The van der Waals surface area contributed by atoms with Gasteiger partial charge in [0, 0.05) is 25.7 Å². The Hall–Kier alpha value is -2.41. The number of benzene rings is 1. The lowest BCUT2D eigenvalue weighted by molar-refractivity contribution is 0.0946. The van der Waals surface area contributed by atoms with Gasteiger partial charge in [-0.25, -0.2) is 4.68 Å².